The average Bonchev–Trinajstić information content (AvgIpc) is 2.42. The molecule has 1 fully saturated rings. The van der Waals surface area contributed by atoms with E-state index in [1.807, 2.05) is 32.2 Å². The molecular formula is C13H19N3O. The highest BCUT2D eigenvalue weighted by atomic mass is 16.2. The van der Waals surface area contributed by atoms with Gasteiger partial charge in [0.05, 0.1) is 17.9 Å². The lowest BCUT2D eigenvalue weighted by Crippen LogP contribution is -2.34. The molecule has 1 saturated heterocycles. The van der Waals surface area contributed by atoms with Crippen LogP contribution in [-0.2, 0) is 4.79 Å². The van der Waals surface area contributed by atoms with E-state index in [4.69, 9.17) is 5.73 Å². The Labute approximate surface area is 102 Å². The van der Waals surface area contributed by atoms with E-state index in [0.29, 0.717) is 6.54 Å². The number of nitrogen functional groups attached to an aromatic ring is 1. The molecule has 2 rings (SSSR count). The number of rotatable bonds is 1. The molecule has 1 aliphatic rings. The number of carbonyl (C=O) groups excluding carboxylic acids is 1. The summed E-state index contributed by atoms with van der Waals surface area (Å²) in [6.45, 7) is 4.13. The molecule has 1 aromatic carbocycles. The molecule has 4 nitrogen and oxygen atoms in total. The van der Waals surface area contributed by atoms with Gasteiger partial charge in [-0.25, -0.2) is 0 Å². The zero-order valence-corrected chi connectivity index (χ0v) is 10.4. The van der Waals surface area contributed by atoms with E-state index in [0.717, 1.165) is 36.4 Å². The van der Waals surface area contributed by atoms with Crippen LogP contribution in [0.3, 0.4) is 0 Å². The quantitative estimate of drug-likeness (QED) is 0.743. The van der Waals surface area contributed by atoms with Crippen LogP contribution < -0.4 is 10.6 Å². The van der Waals surface area contributed by atoms with Crippen LogP contribution in [0.25, 0.3) is 0 Å². The second-order valence-corrected chi connectivity index (χ2v) is 4.65. The first-order chi connectivity index (χ1) is 8.08. The summed E-state index contributed by atoms with van der Waals surface area (Å²) in [5.74, 6) is 0.155. The second kappa shape index (κ2) is 4.65. The Kier molecular flexibility index (Phi) is 3.22. The lowest BCUT2D eigenvalue weighted by Gasteiger charge is -2.23. The summed E-state index contributed by atoms with van der Waals surface area (Å²) in [6.07, 6.45) is 0.982. The average molecular weight is 233 g/mol. The van der Waals surface area contributed by atoms with E-state index in [1.165, 1.54) is 0 Å². The van der Waals surface area contributed by atoms with Gasteiger partial charge in [0.15, 0.2) is 0 Å². The number of aryl methyl sites for hydroxylation is 1. The van der Waals surface area contributed by atoms with Gasteiger partial charge in [-0.2, -0.15) is 0 Å². The Morgan fingerprint density at radius 3 is 2.76 bits per heavy atom. The van der Waals surface area contributed by atoms with Gasteiger partial charge in [0.1, 0.15) is 0 Å². The van der Waals surface area contributed by atoms with Crippen molar-refractivity contribution in [3.8, 4) is 0 Å². The smallest absolute Gasteiger partial charge is 0.241 e. The molecule has 0 saturated carbocycles. The first-order valence-electron chi connectivity index (χ1n) is 5.93. The monoisotopic (exact) mass is 233 g/mol. The Morgan fingerprint density at radius 1 is 1.29 bits per heavy atom. The summed E-state index contributed by atoms with van der Waals surface area (Å²) < 4.78 is 0. The van der Waals surface area contributed by atoms with Crippen molar-refractivity contribution in [1.82, 2.24) is 4.90 Å². The molecule has 0 aliphatic carbocycles. The van der Waals surface area contributed by atoms with Crippen molar-refractivity contribution in [2.45, 2.75) is 13.3 Å². The molecule has 0 radical (unpaired) electrons. The summed E-state index contributed by atoms with van der Waals surface area (Å²) in [5.41, 5.74) is 8.88. The lowest BCUT2D eigenvalue weighted by atomic mass is 10.1. The van der Waals surface area contributed by atoms with Crippen LogP contribution in [0.4, 0.5) is 11.4 Å². The van der Waals surface area contributed by atoms with Crippen LogP contribution in [0.2, 0.25) is 0 Å². The van der Waals surface area contributed by atoms with E-state index in [9.17, 15) is 4.79 Å². The largest absolute Gasteiger partial charge is 0.397 e. The third-order valence-corrected chi connectivity index (χ3v) is 3.20. The minimum Gasteiger partial charge on any atom is -0.397 e. The van der Waals surface area contributed by atoms with E-state index in [1.54, 1.807) is 4.90 Å². The third kappa shape index (κ3) is 2.52. The number of nitrogens with two attached hydrogens (primary N) is 1. The fourth-order valence-corrected chi connectivity index (χ4v) is 2.15. The Balaban J connectivity index is 2.24. The van der Waals surface area contributed by atoms with Crippen molar-refractivity contribution in [3.05, 3.63) is 23.8 Å². The predicted molar refractivity (Wildman–Crippen MR) is 70.1 cm³/mol. The molecule has 1 heterocycles. The topological polar surface area (TPSA) is 49.6 Å². The zero-order valence-electron chi connectivity index (χ0n) is 10.4. The maximum atomic E-state index is 11.8. The molecule has 4 heteroatoms. The third-order valence-electron chi connectivity index (χ3n) is 3.20. The van der Waals surface area contributed by atoms with Gasteiger partial charge in [-0.15, -0.1) is 0 Å². The maximum Gasteiger partial charge on any atom is 0.241 e. The van der Waals surface area contributed by atoms with Gasteiger partial charge in [0, 0.05) is 20.1 Å². The van der Waals surface area contributed by atoms with E-state index in [-0.39, 0.29) is 5.91 Å². The summed E-state index contributed by atoms with van der Waals surface area (Å²) in [4.78, 5) is 15.7. The van der Waals surface area contributed by atoms with Crippen LogP contribution in [0.15, 0.2) is 18.2 Å². The minimum atomic E-state index is 0.155. The van der Waals surface area contributed by atoms with Crippen molar-refractivity contribution in [2.75, 3.05) is 37.3 Å². The predicted octanol–water partition coefficient (Wildman–Crippen LogP) is 1.25. The number of benzene rings is 1. The van der Waals surface area contributed by atoms with Gasteiger partial charge in [-0.05, 0) is 31.0 Å². The molecule has 1 aliphatic heterocycles. The Morgan fingerprint density at radius 2 is 2.06 bits per heavy atom. The number of anilines is 2. The van der Waals surface area contributed by atoms with Gasteiger partial charge < -0.3 is 15.5 Å². The fourth-order valence-electron chi connectivity index (χ4n) is 2.15. The van der Waals surface area contributed by atoms with Gasteiger partial charge in [-0.1, -0.05) is 6.07 Å². The van der Waals surface area contributed by atoms with Crippen LogP contribution in [0.1, 0.15) is 12.0 Å². The van der Waals surface area contributed by atoms with Crippen molar-refractivity contribution in [1.29, 1.82) is 0 Å². The zero-order chi connectivity index (χ0) is 12.4. The highest BCUT2D eigenvalue weighted by Crippen LogP contribution is 2.25. The van der Waals surface area contributed by atoms with E-state index < -0.39 is 0 Å². The SMILES string of the molecule is Cc1ccc(N2CCCN(C)C(=O)C2)c(N)c1. The molecule has 1 aromatic rings. The van der Waals surface area contributed by atoms with Gasteiger partial charge in [0.2, 0.25) is 5.91 Å². The first kappa shape index (κ1) is 11.8. The van der Waals surface area contributed by atoms with Gasteiger partial charge in [-0.3, -0.25) is 4.79 Å². The van der Waals surface area contributed by atoms with Crippen LogP contribution in [0.5, 0.6) is 0 Å². The van der Waals surface area contributed by atoms with Crippen LogP contribution in [-0.4, -0.2) is 37.5 Å². The van der Waals surface area contributed by atoms with Crippen LogP contribution in [0, 0.1) is 6.92 Å². The second-order valence-electron chi connectivity index (χ2n) is 4.65. The molecule has 0 unspecified atom stereocenters. The lowest BCUT2D eigenvalue weighted by molar-refractivity contribution is -0.127. The van der Waals surface area contributed by atoms with Crippen LogP contribution >= 0.6 is 0 Å². The molecule has 1 amide bonds. The highest BCUT2D eigenvalue weighted by Gasteiger charge is 2.20. The molecule has 92 valence electrons. The van der Waals surface area contributed by atoms with Crippen molar-refractivity contribution in [3.63, 3.8) is 0 Å². The van der Waals surface area contributed by atoms with E-state index in [2.05, 4.69) is 4.90 Å². The maximum absolute atomic E-state index is 11.8. The number of nitrogens with zero attached hydrogens (tertiary/aromatic N) is 2. The van der Waals surface area contributed by atoms with E-state index >= 15 is 0 Å². The molecule has 0 bridgehead atoms. The molecule has 0 spiro atoms. The summed E-state index contributed by atoms with van der Waals surface area (Å²) in [7, 11) is 1.85. The fraction of sp³-hybridized carbons (Fsp3) is 0.462. The number of hydrogen-bond donors (Lipinski definition) is 1. The Bertz CT molecular complexity index is 431. The molecule has 2 N–H and O–H groups in total. The molecule has 17 heavy (non-hydrogen) atoms. The number of hydrogen-bond acceptors (Lipinski definition) is 3. The molecule has 0 atom stereocenters. The Hall–Kier alpha value is -1.71. The van der Waals surface area contributed by atoms with Gasteiger partial charge in [0.25, 0.3) is 0 Å². The normalized spacial score (nSPS) is 17.2. The molecule has 0 aromatic heterocycles. The number of carbonyl (C=O) groups is 1. The summed E-state index contributed by atoms with van der Waals surface area (Å²) >= 11 is 0. The minimum absolute atomic E-state index is 0.155. The molecular weight excluding hydrogens is 214 g/mol. The highest BCUT2D eigenvalue weighted by molar-refractivity contribution is 5.83. The van der Waals surface area contributed by atoms with Crippen molar-refractivity contribution < 1.29 is 4.79 Å². The summed E-state index contributed by atoms with van der Waals surface area (Å²) in [5, 5.41) is 0. The standard InChI is InChI=1S/C13H19N3O/c1-10-4-5-12(11(14)8-10)16-7-3-6-15(2)13(17)9-16/h4-5,8H,3,6-7,9,14H2,1-2H3. The van der Waals surface area contributed by atoms with Crippen molar-refractivity contribution in [2.24, 2.45) is 0 Å². The number of likely N-dealkylation sites (N-methyl/N-ethyl adjacent to an activating group) is 1. The first-order valence-corrected chi connectivity index (χ1v) is 5.93. The van der Waals surface area contributed by atoms with Gasteiger partial charge >= 0.3 is 0 Å². The van der Waals surface area contributed by atoms with Crippen molar-refractivity contribution >= 4 is 17.3 Å². The number of amides is 1. The summed E-state index contributed by atoms with van der Waals surface area (Å²) in [6, 6.07) is 5.99.